The first-order valence-corrected chi connectivity index (χ1v) is 10.7. The lowest BCUT2D eigenvalue weighted by Crippen LogP contribution is -2.30. The van der Waals surface area contributed by atoms with Crippen LogP contribution in [-0.4, -0.2) is 49.0 Å². The summed E-state index contributed by atoms with van der Waals surface area (Å²) in [6, 6.07) is 6.34. The lowest BCUT2D eigenvalue weighted by Gasteiger charge is -2.14. The van der Waals surface area contributed by atoms with Crippen molar-refractivity contribution in [2.24, 2.45) is 0 Å². The molecule has 3 heterocycles. The van der Waals surface area contributed by atoms with Crippen molar-refractivity contribution in [2.45, 2.75) is 26.1 Å². The smallest absolute Gasteiger partial charge is 0.244 e. The minimum atomic E-state index is -1.14. The van der Waals surface area contributed by atoms with Crippen molar-refractivity contribution in [2.75, 3.05) is 19.0 Å². The first kappa shape index (κ1) is 22.6. The number of anilines is 1. The number of hydrogen-bond donors (Lipinski definition) is 3. The molecule has 0 spiro atoms. The third-order valence-corrected chi connectivity index (χ3v) is 5.40. The highest BCUT2D eigenvalue weighted by Crippen LogP contribution is 2.37. The summed E-state index contributed by atoms with van der Waals surface area (Å²) in [5, 5.41) is 26.2. The fraction of sp³-hybridized carbons (Fsp3) is 0.273. The lowest BCUT2D eigenvalue weighted by molar-refractivity contribution is -0.124. The summed E-state index contributed by atoms with van der Waals surface area (Å²) in [4.78, 5) is 16.7. The van der Waals surface area contributed by atoms with E-state index >= 15 is 0 Å². The molecule has 2 unspecified atom stereocenters. The number of carbonyl (C=O) groups excluding carboxylic acids is 1. The Labute approximate surface area is 195 Å². The summed E-state index contributed by atoms with van der Waals surface area (Å²) < 4.78 is 8.60. The molecule has 0 saturated heterocycles. The van der Waals surface area contributed by atoms with Crippen LogP contribution in [0.15, 0.2) is 49.1 Å². The minimum absolute atomic E-state index is 0.177. The van der Waals surface area contributed by atoms with Gasteiger partial charge in [-0.05, 0) is 38.1 Å². The number of aromatic nitrogens is 5. The number of benzene rings is 1. The summed E-state index contributed by atoms with van der Waals surface area (Å²) in [6.07, 6.45) is 5.44. The molecule has 0 aliphatic heterocycles. The number of hydrogen-bond acceptors (Lipinski definition) is 7. The Morgan fingerprint density at radius 3 is 2.94 bits per heavy atom. The second-order valence-corrected chi connectivity index (χ2v) is 7.76. The molecule has 1 aromatic carbocycles. The molecule has 0 aliphatic rings. The van der Waals surface area contributed by atoms with Gasteiger partial charge in [0.2, 0.25) is 5.91 Å². The monoisotopic (exact) mass is 469 g/mol. The number of ether oxygens (including phenoxy) is 1. The molecule has 33 heavy (non-hydrogen) atoms. The number of amides is 1. The van der Waals surface area contributed by atoms with Crippen LogP contribution in [0, 0.1) is 0 Å². The van der Waals surface area contributed by atoms with Crippen molar-refractivity contribution in [1.29, 1.82) is 0 Å². The van der Waals surface area contributed by atoms with E-state index in [4.69, 9.17) is 16.3 Å². The topological polar surface area (TPSA) is 119 Å². The van der Waals surface area contributed by atoms with Gasteiger partial charge in [0, 0.05) is 35.7 Å². The second kappa shape index (κ2) is 9.47. The van der Waals surface area contributed by atoms with E-state index in [0.717, 1.165) is 0 Å². The van der Waals surface area contributed by atoms with E-state index in [1.54, 1.807) is 67.6 Å². The predicted octanol–water partition coefficient (Wildman–Crippen LogP) is 3.05. The van der Waals surface area contributed by atoms with Crippen LogP contribution in [0.2, 0.25) is 5.02 Å². The molecule has 172 valence electrons. The quantitative estimate of drug-likeness (QED) is 0.339. The third kappa shape index (κ3) is 4.48. The number of rotatable bonds is 8. The summed E-state index contributed by atoms with van der Waals surface area (Å²) in [6.45, 7) is 4.10. The van der Waals surface area contributed by atoms with Crippen LogP contribution in [0.3, 0.4) is 0 Å². The average Bonchev–Trinajstić information content (AvgIpc) is 3.43. The van der Waals surface area contributed by atoms with Crippen molar-refractivity contribution in [3.05, 3.63) is 59.6 Å². The minimum Gasteiger partial charge on any atom is -0.496 e. The van der Waals surface area contributed by atoms with Gasteiger partial charge in [-0.1, -0.05) is 11.6 Å². The lowest BCUT2D eigenvalue weighted by atomic mass is 10.1. The van der Waals surface area contributed by atoms with Crippen LogP contribution >= 0.6 is 11.6 Å². The fourth-order valence-electron chi connectivity index (χ4n) is 3.47. The van der Waals surface area contributed by atoms with Gasteiger partial charge in [0.25, 0.3) is 0 Å². The number of aliphatic hydroxyl groups excluding tert-OH is 1. The number of carbonyl (C=O) groups is 1. The van der Waals surface area contributed by atoms with Crippen molar-refractivity contribution in [1.82, 2.24) is 29.7 Å². The summed E-state index contributed by atoms with van der Waals surface area (Å²) >= 11 is 6.25. The highest BCUT2D eigenvalue weighted by molar-refractivity contribution is 6.31. The number of nitrogens with one attached hydrogen (secondary N) is 2. The van der Waals surface area contributed by atoms with Crippen LogP contribution in [0.4, 0.5) is 5.69 Å². The van der Waals surface area contributed by atoms with Gasteiger partial charge in [-0.2, -0.15) is 10.2 Å². The number of fused-ring (bicyclic) bond motifs is 1. The summed E-state index contributed by atoms with van der Waals surface area (Å²) in [5.74, 6) is 0.369. The number of aliphatic hydroxyl groups is 1. The Balaban J connectivity index is 1.77. The second-order valence-electron chi connectivity index (χ2n) is 7.32. The maximum atomic E-state index is 12.4. The van der Waals surface area contributed by atoms with Crippen molar-refractivity contribution in [3.63, 3.8) is 0 Å². The maximum Gasteiger partial charge on any atom is 0.244 e. The van der Waals surface area contributed by atoms with Crippen LogP contribution in [-0.2, 0) is 4.79 Å². The zero-order valence-corrected chi connectivity index (χ0v) is 19.1. The molecule has 0 bridgehead atoms. The van der Waals surface area contributed by atoms with Crippen LogP contribution in [0.5, 0.6) is 5.75 Å². The highest BCUT2D eigenvalue weighted by Gasteiger charge is 2.24. The van der Waals surface area contributed by atoms with Gasteiger partial charge < -0.3 is 20.5 Å². The Morgan fingerprint density at radius 1 is 1.36 bits per heavy atom. The van der Waals surface area contributed by atoms with Crippen molar-refractivity contribution < 1.29 is 14.6 Å². The Morgan fingerprint density at radius 2 is 2.18 bits per heavy atom. The third-order valence-electron chi connectivity index (χ3n) is 5.17. The van der Waals surface area contributed by atoms with Crippen LogP contribution in [0.1, 0.15) is 31.7 Å². The molecule has 1 amide bonds. The van der Waals surface area contributed by atoms with Gasteiger partial charge in [-0.3, -0.25) is 9.48 Å². The molecule has 10 nitrogen and oxygen atoms in total. The van der Waals surface area contributed by atoms with Crippen molar-refractivity contribution >= 4 is 28.8 Å². The van der Waals surface area contributed by atoms with E-state index in [1.807, 2.05) is 6.92 Å². The molecule has 0 fully saturated rings. The summed E-state index contributed by atoms with van der Waals surface area (Å²) in [5.41, 5.74) is 2.56. The zero-order chi connectivity index (χ0) is 23.5. The highest BCUT2D eigenvalue weighted by atomic mass is 35.5. The number of halogens is 1. The molecule has 4 rings (SSSR count). The Kier molecular flexibility index (Phi) is 6.47. The van der Waals surface area contributed by atoms with Crippen molar-refractivity contribution in [3.8, 4) is 17.0 Å². The van der Waals surface area contributed by atoms with E-state index in [0.29, 0.717) is 45.5 Å². The SMILES string of the molecule is CCNC(=O)C(C)n1cc(NC(O)c2cnn3cccnc23)c(-c2cc(Cl)ccc2OC)n1. The molecular formula is C22H24ClN7O3. The van der Waals surface area contributed by atoms with E-state index in [-0.39, 0.29) is 5.91 Å². The van der Waals surface area contributed by atoms with Gasteiger partial charge in [0.05, 0.1) is 24.6 Å². The number of methoxy groups -OCH3 is 1. The Hall–Kier alpha value is -3.63. The average molecular weight is 470 g/mol. The van der Waals surface area contributed by atoms with Gasteiger partial charge in [0.1, 0.15) is 17.5 Å². The standard InChI is InChI=1S/C22H24ClN7O3/c1-4-24-21(31)13(2)30-12-17(19(28-30)15-10-14(23)6-7-18(15)33-3)27-22(32)16-11-26-29-9-5-8-25-20(16)29/h5-13,22,27,32H,4H2,1-3H3,(H,24,31). The molecule has 3 N–H and O–H groups in total. The molecular weight excluding hydrogens is 446 g/mol. The molecule has 0 radical (unpaired) electrons. The van der Waals surface area contributed by atoms with E-state index in [2.05, 4.69) is 25.8 Å². The molecule has 3 aromatic heterocycles. The normalized spacial score (nSPS) is 13.0. The number of likely N-dealkylation sites (N-methyl/N-ethyl adjacent to an activating group) is 1. The maximum absolute atomic E-state index is 12.4. The van der Waals surface area contributed by atoms with E-state index in [1.165, 1.54) is 4.68 Å². The Bertz CT molecular complexity index is 1290. The first-order chi connectivity index (χ1) is 15.9. The first-order valence-electron chi connectivity index (χ1n) is 10.4. The molecule has 0 aliphatic carbocycles. The van der Waals surface area contributed by atoms with Gasteiger partial charge in [-0.15, -0.1) is 0 Å². The molecule has 2 atom stereocenters. The van der Waals surface area contributed by atoms with Crippen LogP contribution in [0.25, 0.3) is 16.9 Å². The molecule has 4 aromatic rings. The predicted molar refractivity (Wildman–Crippen MR) is 124 cm³/mol. The van der Waals surface area contributed by atoms with E-state index < -0.39 is 12.3 Å². The molecule has 11 heteroatoms. The largest absolute Gasteiger partial charge is 0.496 e. The zero-order valence-electron chi connectivity index (χ0n) is 18.4. The van der Waals surface area contributed by atoms with Gasteiger partial charge >= 0.3 is 0 Å². The van der Waals surface area contributed by atoms with Gasteiger partial charge in [-0.25, -0.2) is 9.50 Å². The fourth-order valence-corrected chi connectivity index (χ4v) is 3.64. The van der Waals surface area contributed by atoms with E-state index in [9.17, 15) is 9.90 Å². The van der Waals surface area contributed by atoms with Crippen LogP contribution < -0.4 is 15.4 Å². The molecule has 0 saturated carbocycles. The number of nitrogens with zero attached hydrogens (tertiary/aromatic N) is 5. The van der Waals surface area contributed by atoms with Gasteiger partial charge in [0.15, 0.2) is 11.9 Å². The summed E-state index contributed by atoms with van der Waals surface area (Å²) in [7, 11) is 1.55.